The third-order valence-corrected chi connectivity index (χ3v) is 5.41. The standard InChI is InChI=1S/C16H26N4O4S/c1-16(2)9-12(11-20(16)15(21)22)5-3-4-8-18-13-6-7-14(19-10-13)25(17,23)24/h6-7,10,12,18H,3-5,8-9,11H2,1-2H3,(H,21,22)(H2,17,23,24)/t12-/m0/s1. The second kappa shape index (κ2) is 7.57. The van der Waals surface area contributed by atoms with Gasteiger partial charge in [-0.3, -0.25) is 0 Å². The lowest BCUT2D eigenvalue weighted by Crippen LogP contribution is -2.41. The third kappa shape index (κ3) is 5.30. The van der Waals surface area contributed by atoms with Crippen LogP contribution in [-0.2, 0) is 10.0 Å². The summed E-state index contributed by atoms with van der Waals surface area (Å²) in [5.41, 5.74) is 0.456. The van der Waals surface area contributed by atoms with E-state index in [0.717, 1.165) is 37.9 Å². The van der Waals surface area contributed by atoms with Crippen LogP contribution in [0.3, 0.4) is 0 Å². The number of aromatic nitrogens is 1. The summed E-state index contributed by atoms with van der Waals surface area (Å²) in [5, 5.41) is 17.3. The molecule has 2 rings (SSSR count). The lowest BCUT2D eigenvalue weighted by molar-refractivity contribution is 0.117. The Morgan fingerprint density at radius 1 is 1.44 bits per heavy atom. The highest BCUT2D eigenvalue weighted by molar-refractivity contribution is 7.89. The van der Waals surface area contributed by atoms with Gasteiger partial charge < -0.3 is 15.3 Å². The zero-order chi connectivity index (χ0) is 18.7. The van der Waals surface area contributed by atoms with E-state index in [1.54, 1.807) is 6.07 Å². The van der Waals surface area contributed by atoms with E-state index in [4.69, 9.17) is 5.14 Å². The zero-order valence-corrected chi connectivity index (χ0v) is 15.4. The highest BCUT2D eigenvalue weighted by atomic mass is 32.2. The van der Waals surface area contributed by atoms with Crippen molar-refractivity contribution in [2.24, 2.45) is 11.1 Å². The molecule has 140 valence electrons. The number of nitrogens with zero attached hydrogens (tertiary/aromatic N) is 2. The maximum Gasteiger partial charge on any atom is 0.407 e. The molecule has 9 heteroatoms. The molecule has 1 aromatic rings. The molecule has 0 aromatic carbocycles. The number of primary sulfonamides is 1. The first kappa shape index (κ1) is 19.5. The molecule has 0 aliphatic carbocycles. The van der Waals surface area contributed by atoms with Gasteiger partial charge in [0.1, 0.15) is 0 Å². The molecule has 1 aliphatic rings. The Kier molecular flexibility index (Phi) is 5.89. The third-order valence-electron chi connectivity index (χ3n) is 4.59. The van der Waals surface area contributed by atoms with Gasteiger partial charge in [0.25, 0.3) is 10.0 Å². The lowest BCUT2D eigenvalue weighted by Gasteiger charge is -2.28. The molecule has 0 saturated carbocycles. The zero-order valence-electron chi connectivity index (χ0n) is 14.6. The number of pyridine rings is 1. The van der Waals surface area contributed by atoms with E-state index < -0.39 is 16.1 Å². The van der Waals surface area contributed by atoms with E-state index in [9.17, 15) is 18.3 Å². The first-order chi connectivity index (χ1) is 11.6. The molecule has 1 saturated heterocycles. The van der Waals surface area contributed by atoms with Crippen LogP contribution in [0.15, 0.2) is 23.4 Å². The van der Waals surface area contributed by atoms with Crippen molar-refractivity contribution in [1.29, 1.82) is 0 Å². The summed E-state index contributed by atoms with van der Waals surface area (Å²) in [6.07, 6.45) is 4.45. The maximum absolute atomic E-state index is 11.2. The summed E-state index contributed by atoms with van der Waals surface area (Å²) in [6.45, 7) is 5.30. The average Bonchev–Trinajstić information content (AvgIpc) is 2.81. The molecule has 2 heterocycles. The highest BCUT2D eigenvalue weighted by Crippen LogP contribution is 2.35. The van der Waals surface area contributed by atoms with Gasteiger partial charge in [0.05, 0.1) is 11.9 Å². The number of rotatable bonds is 7. The van der Waals surface area contributed by atoms with Crippen molar-refractivity contribution in [1.82, 2.24) is 9.88 Å². The molecule has 0 spiro atoms. The number of likely N-dealkylation sites (tertiary alicyclic amines) is 1. The molecular formula is C16H26N4O4S. The van der Waals surface area contributed by atoms with E-state index in [1.807, 2.05) is 13.8 Å². The predicted octanol–water partition coefficient (Wildman–Crippen LogP) is 2.09. The van der Waals surface area contributed by atoms with E-state index in [-0.39, 0.29) is 10.6 Å². The van der Waals surface area contributed by atoms with Crippen LogP contribution in [0, 0.1) is 5.92 Å². The Balaban J connectivity index is 1.70. The molecular weight excluding hydrogens is 344 g/mol. The minimum Gasteiger partial charge on any atom is -0.465 e. The van der Waals surface area contributed by atoms with Gasteiger partial charge >= 0.3 is 6.09 Å². The lowest BCUT2D eigenvalue weighted by atomic mass is 9.93. The summed E-state index contributed by atoms with van der Waals surface area (Å²) in [7, 11) is -3.76. The maximum atomic E-state index is 11.2. The molecule has 1 atom stereocenters. The van der Waals surface area contributed by atoms with E-state index in [1.165, 1.54) is 17.2 Å². The minimum absolute atomic E-state index is 0.148. The number of nitrogens with one attached hydrogen (secondary N) is 1. The van der Waals surface area contributed by atoms with Gasteiger partial charge in [-0.05, 0) is 51.2 Å². The number of hydrogen-bond donors (Lipinski definition) is 3. The molecule has 0 unspecified atom stereocenters. The van der Waals surface area contributed by atoms with Gasteiger partial charge in [0, 0.05) is 18.6 Å². The molecule has 1 aliphatic heterocycles. The summed E-state index contributed by atoms with van der Waals surface area (Å²) in [4.78, 5) is 16.6. The number of unbranched alkanes of at least 4 members (excludes halogenated alkanes) is 1. The van der Waals surface area contributed by atoms with E-state index >= 15 is 0 Å². The van der Waals surface area contributed by atoms with Crippen LogP contribution in [0.4, 0.5) is 10.5 Å². The van der Waals surface area contributed by atoms with Gasteiger partial charge in [0.15, 0.2) is 5.03 Å². The van der Waals surface area contributed by atoms with Crippen LogP contribution in [0.1, 0.15) is 39.5 Å². The topological polar surface area (TPSA) is 126 Å². The Morgan fingerprint density at radius 2 is 2.16 bits per heavy atom. The first-order valence-electron chi connectivity index (χ1n) is 8.33. The van der Waals surface area contributed by atoms with Crippen LogP contribution in [0.2, 0.25) is 0 Å². The molecule has 25 heavy (non-hydrogen) atoms. The summed E-state index contributed by atoms with van der Waals surface area (Å²) < 4.78 is 22.3. The average molecular weight is 370 g/mol. The Bertz CT molecular complexity index is 703. The largest absolute Gasteiger partial charge is 0.465 e. The number of sulfonamides is 1. The quantitative estimate of drug-likeness (QED) is 0.631. The van der Waals surface area contributed by atoms with Crippen molar-refractivity contribution in [2.45, 2.75) is 50.1 Å². The predicted molar refractivity (Wildman–Crippen MR) is 94.9 cm³/mol. The Hall–Kier alpha value is -1.87. The van der Waals surface area contributed by atoms with Crippen LogP contribution >= 0.6 is 0 Å². The second-order valence-electron chi connectivity index (χ2n) is 7.13. The number of hydrogen-bond acceptors (Lipinski definition) is 5. The molecule has 8 nitrogen and oxygen atoms in total. The molecule has 1 aromatic heterocycles. The SMILES string of the molecule is CC1(C)C[C@H](CCCCNc2ccc(S(N)(=O)=O)nc2)CN1C(=O)O. The van der Waals surface area contributed by atoms with Gasteiger partial charge in [-0.15, -0.1) is 0 Å². The van der Waals surface area contributed by atoms with Gasteiger partial charge in [0.2, 0.25) is 0 Å². The van der Waals surface area contributed by atoms with Gasteiger partial charge in [-0.2, -0.15) is 0 Å². The van der Waals surface area contributed by atoms with Crippen molar-refractivity contribution in [3.8, 4) is 0 Å². The van der Waals surface area contributed by atoms with Crippen molar-refractivity contribution >= 4 is 21.8 Å². The molecule has 4 N–H and O–H groups in total. The van der Waals surface area contributed by atoms with Gasteiger partial charge in [-0.25, -0.2) is 23.3 Å². The van der Waals surface area contributed by atoms with Gasteiger partial charge in [-0.1, -0.05) is 6.42 Å². The fourth-order valence-electron chi connectivity index (χ4n) is 3.36. The smallest absolute Gasteiger partial charge is 0.407 e. The van der Waals surface area contributed by atoms with Crippen LogP contribution in [0.5, 0.6) is 0 Å². The minimum atomic E-state index is -3.76. The molecule has 0 bridgehead atoms. The van der Waals surface area contributed by atoms with Crippen LogP contribution in [0.25, 0.3) is 0 Å². The molecule has 1 amide bonds. The van der Waals surface area contributed by atoms with Crippen molar-refractivity contribution < 1.29 is 18.3 Å². The Morgan fingerprint density at radius 3 is 2.68 bits per heavy atom. The number of nitrogens with two attached hydrogens (primary N) is 1. The fraction of sp³-hybridized carbons (Fsp3) is 0.625. The summed E-state index contributed by atoms with van der Waals surface area (Å²) in [6, 6.07) is 3.01. The monoisotopic (exact) mass is 370 g/mol. The fourth-order valence-corrected chi connectivity index (χ4v) is 3.82. The van der Waals surface area contributed by atoms with Crippen LogP contribution in [-0.4, -0.2) is 48.1 Å². The second-order valence-corrected chi connectivity index (χ2v) is 8.64. The van der Waals surface area contributed by atoms with Crippen molar-refractivity contribution in [3.05, 3.63) is 18.3 Å². The van der Waals surface area contributed by atoms with E-state index in [2.05, 4.69) is 10.3 Å². The van der Waals surface area contributed by atoms with E-state index in [0.29, 0.717) is 12.5 Å². The van der Waals surface area contributed by atoms with Crippen molar-refractivity contribution in [3.63, 3.8) is 0 Å². The summed E-state index contributed by atoms with van der Waals surface area (Å²) >= 11 is 0. The normalized spacial score (nSPS) is 19.8. The molecule has 0 radical (unpaired) electrons. The summed E-state index contributed by atoms with van der Waals surface area (Å²) in [5.74, 6) is 0.404. The highest BCUT2D eigenvalue weighted by Gasteiger charge is 2.40. The first-order valence-corrected chi connectivity index (χ1v) is 9.87. The Labute approximate surface area is 148 Å². The number of carboxylic acid groups (broad SMARTS) is 1. The number of carbonyl (C=O) groups is 1. The van der Waals surface area contributed by atoms with Crippen LogP contribution < -0.4 is 10.5 Å². The van der Waals surface area contributed by atoms with Crippen molar-refractivity contribution in [2.75, 3.05) is 18.4 Å². The number of amides is 1. The number of anilines is 1. The molecule has 1 fully saturated rings.